The lowest BCUT2D eigenvalue weighted by molar-refractivity contribution is 0.314. The summed E-state index contributed by atoms with van der Waals surface area (Å²) in [6.07, 6.45) is 5.13. The van der Waals surface area contributed by atoms with Gasteiger partial charge in [0.25, 0.3) is 0 Å². The second-order valence-electron chi connectivity index (χ2n) is 5.11. The number of aromatic amines is 1. The van der Waals surface area contributed by atoms with E-state index in [2.05, 4.69) is 25.9 Å². The van der Waals surface area contributed by atoms with Crippen LogP contribution in [0.25, 0.3) is 0 Å². The molecule has 112 valence electrons. The van der Waals surface area contributed by atoms with E-state index >= 15 is 0 Å². The molecule has 0 bridgehead atoms. The van der Waals surface area contributed by atoms with Crippen molar-refractivity contribution in [3.8, 4) is 0 Å². The SMILES string of the molecule is O=S(=O)(c1ccc(Br)cc1)N1CCC(c2ncc[nH]2)CC1. The zero-order chi connectivity index (χ0) is 14.9. The first-order chi connectivity index (χ1) is 10.1. The molecule has 1 saturated heterocycles. The number of nitrogens with zero attached hydrogens (tertiary/aromatic N) is 2. The number of hydrogen-bond acceptors (Lipinski definition) is 3. The molecule has 1 fully saturated rings. The minimum atomic E-state index is -3.39. The summed E-state index contributed by atoms with van der Waals surface area (Å²) < 4.78 is 27.6. The number of rotatable bonds is 3. The monoisotopic (exact) mass is 369 g/mol. The fourth-order valence-corrected chi connectivity index (χ4v) is 4.36. The van der Waals surface area contributed by atoms with E-state index in [0.29, 0.717) is 23.9 Å². The van der Waals surface area contributed by atoms with Crippen LogP contribution >= 0.6 is 15.9 Å². The molecule has 0 spiro atoms. The molecule has 0 unspecified atom stereocenters. The van der Waals surface area contributed by atoms with E-state index < -0.39 is 10.0 Å². The van der Waals surface area contributed by atoms with Gasteiger partial charge in [-0.2, -0.15) is 4.31 Å². The standard InChI is InChI=1S/C14H16BrN3O2S/c15-12-1-3-13(4-2-12)21(19,20)18-9-5-11(6-10-18)14-16-7-8-17-14/h1-4,7-8,11H,5-6,9-10H2,(H,16,17). The Balaban J connectivity index is 1.72. The van der Waals surface area contributed by atoms with Gasteiger partial charge in [0, 0.05) is 35.9 Å². The van der Waals surface area contributed by atoms with Crippen molar-refractivity contribution in [2.24, 2.45) is 0 Å². The van der Waals surface area contributed by atoms with Crippen LogP contribution in [0.5, 0.6) is 0 Å². The molecule has 2 heterocycles. The van der Waals surface area contributed by atoms with Crippen LogP contribution in [0.3, 0.4) is 0 Å². The van der Waals surface area contributed by atoms with Crippen LogP contribution < -0.4 is 0 Å². The zero-order valence-electron chi connectivity index (χ0n) is 11.4. The first kappa shape index (κ1) is 14.7. The molecule has 0 radical (unpaired) electrons. The quantitative estimate of drug-likeness (QED) is 0.904. The Bertz CT molecular complexity index is 690. The topological polar surface area (TPSA) is 66.1 Å². The third kappa shape index (κ3) is 3.04. The summed E-state index contributed by atoms with van der Waals surface area (Å²) in [6.45, 7) is 1.06. The maximum Gasteiger partial charge on any atom is 0.243 e. The summed E-state index contributed by atoms with van der Waals surface area (Å²) in [4.78, 5) is 7.73. The molecule has 5 nitrogen and oxygen atoms in total. The molecule has 21 heavy (non-hydrogen) atoms. The molecule has 1 aliphatic heterocycles. The maximum atomic E-state index is 12.6. The van der Waals surface area contributed by atoms with Crippen LogP contribution in [0.1, 0.15) is 24.6 Å². The van der Waals surface area contributed by atoms with Crippen LogP contribution in [0.2, 0.25) is 0 Å². The average molecular weight is 370 g/mol. The minimum absolute atomic E-state index is 0.316. The Hall–Kier alpha value is -1.18. The van der Waals surface area contributed by atoms with Crippen LogP contribution in [-0.4, -0.2) is 35.8 Å². The van der Waals surface area contributed by atoms with Crippen molar-refractivity contribution < 1.29 is 8.42 Å². The lowest BCUT2D eigenvalue weighted by atomic mass is 9.98. The normalized spacial score (nSPS) is 18.0. The van der Waals surface area contributed by atoms with Crippen LogP contribution in [0.15, 0.2) is 46.0 Å². The Labute approximate surface area is 132 Å². The molecule has 0 saturated carbocycles. The molecule has 1 aliphatic rings. The van der Waals surface area contributed by atoms with Gasteiger partial charge in [0.1, 0.15) is 5.82 Å². The van der Waals surface area contributed by atoms with E-state index in [0.717, 1.165) is 23.1 Å². The molecule has 2 aromatic rings. The van der Waals surface area contributed by atoms with Gasteiger partial charge in [-0.05, 0) is 37.1 Å². The Morgan fingerprint density at radius 3 is 2.43 bits per heavy atom. The number of nitrogens with one attached hydrogen (secondary N) is 1. The molecule has 0 amide bonds. The summed E-state index contributed by atoms with van der Waals surface area (Å²) in [5.41, 5.74) is 0. The highest BCUT2D eigenvalue weighted by atomic mass is 79.9. The Morgan fingerprint density at radius 1 is 1.19 bits per heavy atom. The van der Waals surface area contributed by atoms with Crippen molar-refractivity contribution in [1.82, 2.24) is 14.3 Å². The van der Waals surface area contributed by atoms with Gasteiger partial charge in [-0.25, -0.2) is 13.4 Å². The van der Waals surface area contributed by atoms with Gasteiger partial charge in [0.05, 0.1) is 4.90 Å². The van der Waals surface area contributed by atoms with Crippen molar-refractivity contribution in [2.75, 3.05) is 13.1 Å². The van der Waals surface area contributed by atoms with Gasteiger partial charge < -0.3 is 4.98 Å². The van der Waals surface area contributed by atoms with Crippen LogP contribution in [0, 0.1) is 0 Å². The number of hydrogen-bond donors (Lipinski definition) is 1. The second-order valence-corrected chi connectivity index (χ2v) is 7.96. The fraction of sp³-hybridized carbons (Fsp3) is 0.357. The van der Waals surface area contributed by atoms with Crippen molar-refractivity contribution >= 4 is 26.0 Å². The number of imidazole rings is 1. The van der Waals surface area contributed by atoms with Gasteiger partial charge in [-0.1, -0.05) is 15.9 Å². The predicted molar refractivity (Wildman–Crippen MR) is 83.5 cm³/mol. The summed E-state index contributed by atoms with van der Waals surface area (Å²) in [5, 5.41) is 0. The van der Waals surface area contributed by atoms with Gasteiger partial charge in [-0.15, -0.1) is 0 Å². The van der Waals surface area contributed by atoms with E-state index in [9.17, 15) is 8.42 Å². The number of halogens is 1. The second kappa shape index (κ2) is 5.90. The number of benzene rings is 1. The number of aromatic nitrogens is 2. The summed E-state index contributed by atoms with van der Waals surface area (Å²) in [5.74, 6) is 1.27. The number of H-pyrrole nitrogens is 1. The highest BCUT2D eigenvalue weighted by Crippen LogP contribution is 2.29. The lowest BCUT2D eigenvalue weighted by Gasteiger charge is -2.30. The van der Waals surface area contributed by atoms with Crippen LogP contribution in [0.4, 0.5) is 0 Å². The lowest BCUT2D eigenvalue weighted by Crippen LogP contribution is -2.38. The maximum absolute atomic E-state index is 12.6. The average Bonchev–Trinajstić information content (AvgIpc) is 3.02. The summed E-state index contributed by atoms with van der Waals surface area (Å²) in [7, 11) is -3.39. The molecule has 1 aromatic carbocycles. The van der Waals surface area contributed by atoms with Crippen molar-refractivity contribution in [3.05, 3.63) is 47.0 Å². The van der Waals surface area contributed by atoms with E-state index in [1.54, 1.807) is 41.0 Å². The van der Waals surface area contributed by atoms with E-state index in [4.69, 9.17) is 0 Å². The van der Waals surface area contributed by atoms with Crippen molar-refractivity contribution in [3.63, 3.8) is 0 Å². The molecular weight excluding hydrogens is 354 g/mol. The Morgan fingerprint density at radius 2 is 1.86 bits per heavy atom. The van der Waals surface area contributed by atoms with Gasteiger partial charge in [0.15, 0.2) is 0 Å². The molecular formula is C14H16BrN3O2S. The third-order valence-corrected chi connectivity index (χ3v) is 6.25. The molecule has 0 aliphatic carbocycles. The molecule has 3 rings (SSSR count). The highest BCUT2D eigenvalue weighted by Gasteiger charge is 2.30. The van der Waals surface area contributed by atoms with E-state index in [1.807, 2.05) is 0 Å². The fourth-order valence-electron chi connectivity index (χ4n) is 2.63. The molecule has 0 atom stereocenters. The smallest absolute Gasteiger partial charge is 0.243 e. The number of sulfonamides is 1. The predicted octanol–water partition coefficient (Wildman–Crippen LogP) is 2.74. The van der Waals surface area contributed by atoms with Gasteiger partial charge >= 0.3 is 0 Å². The van der Waals surface area contributed by atoms with Crippen LogP contribution in [-0.2, 0) is 10.0 Å². The van der Waals surface area contributed by atoms with Crippen molar-refractivity contribution in [1.29, 1.82) is 0 Å². The first-order valence-corrected chi connectivity index (χ1v) is 9.05. The number of piperidine rings is 1. The largest absolute Gasteiger partial charge is 0.348 e. The van der Waals surface area contributed by atoms with E-state index in [-0.39, 0.29) is 0 Å². The summed E-state index contributed by atoms with van der Waals surface area (Å²) in [6, 6.07) is 6.78. The van der Waals surface area contributed by atoms with Crippen molar-refractivity contribution in [2.45, 2.75) is 23.7 Å². The minimum Gasteiger partial charge on any atom is -0.348 e. The van der Waals surface area contributed by atoms with Gasteiger partial charge in [0.2, 0.25) is 10.0 Å². The van der Waals surface area contributed by atoms with E-state index in [1.165, 1.54) is 0 Å². The summed E-state index contributed by atoms with van der Waals surface area (Å²) >= 11 is 3.32. The third-order valence-electron chi connectivity index (χ3n) is 3.81. The molecule has 7 heteroatoms. The Kier molecular flexibility index (Phi) is 4.14. The first-order valence-electron chi connectivity index (χ1n) is 6.82. The zero-order valence-corrected chi connectivity index (χ0v) is 13.8. The highest BCUT2D eigenvalue weighted by molar-refractivity contribution is 9.10. The van der Waals surface area contributed by atoms with Gasteiger partial charge in [-0.3, -0.25) is 0 Å². The molecule has 1 N–H and O–H groups in total. The molecule has 1 aromatic heterocycles.